The maximum atomic E-state index is 13.2. The highest BCUT2D eigenvalue weighted by Gasteiger charge is 2.30. The zero-order chi connectivity index (χ0) is 22.7. The number of aryl methyl sites for hydroxylation is 1. The lowest BCUT2D eigenvalue weighted by molar-refractivity contribution is -0.140. The van der Waals surface area contributed by atoms with Gasteiger partial charge in [0.2, 0.25) is 0 Å². The number of aliphatic carboxylic acids is 1. The van der Waals surface area contributed by atoms with Crippen LogP contribution >= 0.6 is 0 Å². The van der Waals surface area contributed by atoms with Gasteiger partial charge in [-0.2, -0.15) is 0 Å². The number of nitrogens with one attached hydrogen (secondary N) is 1. The number of carbonyl (C=O) groups excluding carboxylic acids is 1. The van der Waals surface area contributed by atoms with Gasteiger partial charge in [0.05, 0.1) is 0 Å². The summed E-state index contributed by atoms with van der Waals surface area (Å²) in [5.41, 5.74) is 4.85. The molecule has 32 heavy (non-hydrogen) atoms. The van der Waals surface area contributed by atoms with Gasteiger partial charge in [0, 0.05) is 5.92 Å². The van der Waals surface area contributed by atoms with Crippen molar-refractivity contribution in [1.82, 2.24) is 5.32 Å². The molecule has 3 aromatic carbocycles. The first-order valence-electron chi connectivity index (χ1n) is 10.2. The molecular formula is C25H22FNO5. The average Bonchev–Trinajstić information content (AvgIpc) is 3.10. The Morgan fingerprint density at radius 2 is 1.66 bits per heavy atom. The van der Waals surface area contributed by atoms with Crippen molar-refractivity contribution in [2.24, 2.45) is 0 Å². The van der Waals surface area contributed by atoms with Gasteiger partial charge in [0.1, 0.15) is 24.8 Å². The lowest BCUT2D eigenvalue weighted by atomic mass is 9.98. The fraction of sp³-hybridized carbons (Fsp3) is 0.200. The minimum Gasteiger partial charge on any atom is -0.491 e. The molecule has 3 aromatic rings. The lowest BCUT2D eigenvalue weighted by Crippen LogP contribution is -2.45. The van der Waals surface area contributed by atoms with E-state index >= 15 is 0 Å². The first kappa shape index (κ1) is 21.4. The Bertz CT molecular complexity index is 1120. The van der Waals surface area contributed by atoms with E-state index < -0.39 is 23.9 Å². The number of carboxylic acid groups (broad SMARTS) is 1. The Kier molecular flexibility index (Phi) is 6.07. The van der Waals surface area contributed by atoms with Crippen molar-refractivity contribution in [2.75, 3.05) is 13.2 Å². The van der Waals surface area contributed by atoms with Crippen molar-refractivity contribution in [3.8, 4) is 16.9 Å². The Hall–Kier alpha value is -3.87. The number of ether oxygens (including phenoxy) is 2. The molecule has 0 aliphatic heterocycles. The molecule has 0 heterocycles. The predicted molar refractivity (Wildman–Crippen MR) is 116 cm³/mol. The van der Waals surface area contributed by atoms with Crippen molar-refractivity contribution < 1.29 is 28.6 Å². The van der Waals surface area contributed by atoms with Crippen LogP contribution in [0.25, 0.3) is 11.1 Å². The molecule has 1 atom stereocenters. The molecule has 1 unspecified atom stereocenters. The van der Waals surface area contributed by atoms with Gasteiger partial charge < -0.3 is 19.9 Å². The molecule has 2 N–H and O–H groups in total. The zero-order valence-electron chi connectivity index (χ0n) is 17.4. The first-order valence-corrected chi connectivity index (χ1v) is 10.2. The van der Waals surface area contributed by atoms with Crippen LogP contribution in [0, 0.1) is 12.7 Å². The van der Waals surface area contributed by atoms with Gasteiger partial charge >= 0.3 is 12.1 Å². The van der Waals surface area contributed by atoms with E-state index in [1.807, 2.05) is 48.5 Å². The van der Waals surface area contributed by atoms with E-state index in [0.29, 0.717) is 11.3 Å². The summed E-state index contributed by atoms with van der Waals surface area (Å²) in [5, 5.41) is 11.8. The number of halogens is 1. The number of hydrogen-bond acceptors (Lipinski definition) is 4. The van der Waals surface area contributed by atoms with E-state index in [2.05, 4.69) is 5.32 Å². The Labute approximate surface area is 184 Å². The van der Waals surface area contributed by atoms with Crippen LogP contribution in [0.2, 0.25) is 0 Å². The summed E-state index contributed by atoms with van der Waals surface area (Å²) in [7, 11) is 0. The number of rotatable bonds is 7. The topological polar surface area (TPSA) is 84.9 Å². The number of fused-ring (bicyclic) bond motifs is 3. The van der Waals surface area contributed by atoms with Gasteiger partial charge in [-0.25, -0.2) is 14.0 Å². The maximum Gasteiger partial charge on any atom is 0.407 e. The molecule has 0 bridgehead atoms. The van der Waals surface area contributed by atoms with E-state index in [4.69, 9.17) is 9.47 Å². The number of hydrogen-bond donors (Lipinski definition) is 2. The van der Waals surface area contributed by atoms with E-state index in [1.165, 1.54) is 18.2 Å². The largest absolute Gasteiger partial charge is 0.491 e. The van der Waals surface area contributed by atoms with E-state index in [1.54, 1.807) is 6.92 Å². The van der Waals surface area contributed by atoms with Gasteiger partial charge in [-0.05, 0) is 52.9 Å². The lowest BCUT2D eigenvalue weighted by Gasteiger charge is -2.18. The van der Waals surface area contributed by atoms with Crippen LogP contribution in [0.3, 0.4) is 0 Å². The monoisotopic (exact) mass is 435 g/mol. The number of carboxylic acids is 1. The minimum absolute atomic E-state index is 0.0735. The number of alkyl carbamates (subject to hydrolysis) is 1. The van der Waals surface area contributed by atoms with Crippen molar-refractivity contribution >= 4 is 12.1 Å². The summed E-state index contributed by atoms with van der Waals surface area (Å²) in [5.74, 6) is -1.47. The van der Waals surface area contributed by atoms with E-state index in [-0.39, 0.29) is 19.1 Å². The summed E-state index contributed by atoms with van der Waals surface area (Å²) in [6.07, 6.45) is -0.848. The average molecular weight is 435 g/mol. The highest BCUT2D eigenvalue weighted by molar-refractivity contribution is 5.81. The Morgan fingerprint density at radius 1 is 1.03 bits per heavy atom. The molecule has 7 heteroatoms. The number of carbonyl (C=O) groups is 2. The summed E-state index contributed by atoms with van der Waals surface area (Å²) in [4.78, 5) is 23.9. The third-order valence-electron chi connectivity index (χ3n) is 5.48. The second-order valence-corrected chi connectivity index (χ2v) is 7.58. The SMILES string of the molecule is Cc1cc(F)ccc1OCC(NC(=O)OCC1c2ccccc2-c2ccccc21)C(=O)O. The van der Waals surface area contributed by atoms with Crippen LogP contribution in [-0.4, -0.2) is 36.4 Å². The second-order valence-electron chi connectivity index (χ2n) is 7.58. The van der Waals surface area contributed by atoms with E-state index in [9.17, 15) is 19.1 Å². The fourth-order valence-electron chi connectivity index (χ4n) is 3.90. The van der Waals surface area contributed by atoms with Crippen molar-refractivity contribution in [2.45, 2.75) is 18.9 Å². The normalized spacial score (nSPS) is 13.1. The van der Waals surface area contributed by atoms with Crippen LogP contribution in [-0.2, 0) is 9.53 Å². The molecule has 1 amide bonds. The smallest absolute Gasteiger partial charge is 0.407 e. The summed E-state index contributed by atoms with van der Waals surface area (Å²) in [6.45, 7) is 1.39. The van der Waals surface area contributed by atoms with Crippen LogP contribution in [0.5, 0.6) is 5.75 Å². The minimum atomic E-state index is -1.32. The van der Waals surface area contributed by atoms with Gasteiger partial charge in [0.25, 0.3) is 0 Å². The van der Waals surface area contributed by atoms with Gasteiger partial charge in [0.15, 0.2) is 6.04 Å². The Balaban J connectivity index is 1.39. The molecule has 0 radical (unpaired) electrons. The zero-order valence-corrected chi connectivity index (χ0v) is 17.4. The third-order valence-corrected chi connectivity index (χ3v) is 5.48. The fourth-order valence-corrected chi connectivity index (χ4v) is 3.90. The highest BCUT2D eigenvalue weighted by atomic mass is 19.1. The molecule has 0 aromatic heterocycles. The van der Waals surface area contributed by atoms with Crippen molar-refractivity contribution in [3.05, 3.63) is 89.2 Å². The molecule has 4 rings (SSSR count). The molecular weight excluding hydrogens is 413 g/mol. The molecule has 1 aliphatic rings. The second kappa shape index (κ2) is 9.09. The standard InChI is InChI=1S/C25H22FNO5/c1-15-12-16(26)10-11-23(15)31-14-22(24(28)29)27-25(30)32-13-21-19-8-4-2-6-17(19)18-7-3-5-9-20(18)21/h2-12,21-22H,13-14H2,1H3,(H,27,30)(H,28,29). The molecule has 0 spiro atoms. The van der Waals surface area contributed by atoms with Gasteiger partial charge in [-0.15, -0.1) is 0 Å². The Morgan fingerprint density at radius 3 is 2.25 bits per heavy atom. The number of amides is 1. The third kappa shape index (κ3) is 4.42. The molecule has 1 aliphatic carbocycles. The maximum absolute atomic E-state index is 13.2. The van der Waals surface area contributed by atoms with Gasteiger partial charge in [-0.1, -0.05) is 48.5 Å². The molecule has 6 nitrogen and oxygen atoms in total. The van der Waals surface area contributed by atoms with Gasteiger partial charge in [-0.3, -0.25) is 0 Å². The van der Waals surface area contributed by atoms with Crippen LogP contribution < -0.4 is 10.1 Å². The number of benzene rings is 3. The van der Waals surface area contributed by atoms with Crippen LogP contribution in [0.1, 0.15) is 22.6 Å². The molecule has 164 valence electrons. The van der Waals surface area contributed by atoms with Crippen molar-refractivity contribution in [1.29, 1.82) is 0 Å². The highest BCUT2D eigenvalue weighted by Crippen LogP contribution is 2.44. The first-order chi connectivity index (χ1) is 15.4. The quantitative estimate of drug-likeness (QED) is 0.571. The molecule has 0 fully saturated rings. The summed E-state index contributed by atoms with van der Waals surface area (Å²) >= 11 is 0. The van der Waals surface area contributed by atoms with Crippen LogP contribution in [0.15, 0.2) is 66.7 Å². The van der Waals surface area contributed by atoms with Crippen LogP contribution in [0.4, 0.5) is 9.18 Å². The van der Waals surface area contributed by atoms with Crippen molar-refractivity contribution in [3.63, 3.8) is 0 Å². The van der Waals surface area contributed by atoms with E-state index in [0.717, 1.165) is 22.3 Å². The summed E-state index contributed by atoms with van der Waals surface area (Å²) in [6, 6.07) is 18.5. The molecule has 0 saturated carbocycles. The summed E-state index contributed by atoms with van der Waals surface area (Å²) < 4.78 is 24.1. The molecule has 0 saturated heterocycles. The predicted octanol–water partition coefficient (Wildman–Crippen LogP) is 4.50.